The second-order valence-corrected chi connectivity index (χ2v) is 8.51. The summed E-state index contributed by atoms with van der Waals surface area (Å²) in [4.78, 5) is 25.3. The van der Waals surface area contributed by atoms with Crippen molar-refractivity contribution in [3.8, 4) is 0 Å². The van der Waals surface area contributed by atoms with E-state index in [-0.39, 0.29) is 11.7 Å². The number of carbonyl (C=O) groups is 1. The summed E-state index contributed by atoms with van der Waals surface area (Å²) in [7, 11) is 1.76. The molecule has 0 N–H and O–H groups in total. The number of aromatic nitrogens is 4. The Labute approximate surface area is 159 Å². The molecule has 0 unspecified atom stereocenters. The van der Waals surface area contributed by atoms with Crippen molar-refractivity contribution in [2.75, 3.05) is 6.54 Å². The Kier molecular flexibility index (Phi) is 4.84. The number of thiophene rings is 1. The summed E-state index contributed by atoms with van der Waals surface area (Å²) in [5.74, 6) is 0.146. The number of nitrogens with zero attached hydrogens (tertiary/aromatic N) is 5. The average Bonchev–Trinajstić information content (AvgIpc) is 3.33. The van der Waals surface area contributed by atoms with Crippen molar-refractivity contribution in [3.63, 3.8) is 0 Å². The molecule has 0 bridgehead atoms. The molecular weight excluding hydrogens is 370 g/mol. The molecule has 4 heterocycles. The molecule has 0 fully saturated rings. The van der Waals surface area contributed by atoms with Crippen LogP contribution in [0.3, 0.4) is 0 Å². The minimum Gasteiger partial charge on any atom is -0.370 e. The molecule has 1 amide bonds. The fourth-order valence-electron chi connectivity index (χ4n) is 2.95. The lowest BCUT2D eigenvalue weighted by Gasteiger charge is -2.25. The van der Waals surface area contributed by atoms with Gasteiger partial charge in [-0.2, -0.15) is 0 Å². The van der Waals surface area contributed by atoms with Crippen LogP contribution in [0.25, 0.3) is 0 Å². The van der Waals surface area contributed by atoms with Gasteiger partial charge >= 0.3 is 0 Å². The van der Waals surface area contributed by atoms with Gasteiger partial charge in [0.05, 0.1) is 23.9 Å². The lowest BCUT2D eigenvalue weighted by atomic mass is 10.1. The first-order chi connectivity index (χ1) is 12.6. The summed E-state index contributed by atoms with van der Waals surface area (Å²) >= 11 is 3.41. The first-order valence-electron chi connectivity index (χ1n) is 8.32. The monoisotopic (exact) mass is 389 g/mol. The largest absolute Gasteiger partial charge is 0.370 e. The van der Waals surface area contributed by atoms with Crippen molar-refractivity contribution in [1.82, 2.24) is 24.6 Å². The van der Waals surface area contributed by atoms with E-state index in [1.165, 1.54) is 15.3 Å². The third-order valence-electron chi connectivity index (χ3n) is 4.16. The van der Waals surface area contributed by atoms with Crippen molar-refractivity contribution in [1.29, 1.82) is 0 Å². The van der Waals surface area contributed by atoms with Crippen LogP contribution in [0.15, 0.2) is 17.8 Å². The quantitative estimate of drug-likeness (QED) is 0.671. The Hall–Kier alpha value is -2.10. The molecule has 0 saturated heterocycles. The molecule has 7 nitrogen and oxygen atoms in total. The lowest BCUT2D eigenvalue weighted by Crippen LogP contribution is -2.36. The van der Waals surface area contributed by atoms with Crippen molar-refractivity contribution in [2.45, 2.75) is 33.1 Å². The number of carbonyl (C=O) groups excluding carboxylic acids is 1. The van der Waals surface area contributed by atoms with Gasteiger partial charge in [-0.05, 0) is 25.0 Å². The van der Waals surface area contributed by atoms with Gasteiger partial charge in [-0.1, -0.05) is 0 Å². The fraction of sp³-hybridized carbons (Fsp3) is 0.412. The first-order valence-corrected chi connectivity index (χ1v) is 10.0. The highest BCUT2D eigenvalue weighted by Gasteiger charge is 2.25. The number of ether oxygens (including phenoxy) is 1. The van der Waals surface area contributed by atoms with Crippen LogP contribution in [0, 0.1) is 6.92 Å². The number of fused-ring (bicyclic) bond motifs is 1. The number of aryl methyl sites for hydroxylation is 2. The smallest absolute Gasteiger partial charge is 0.293 e. The first kappa shape index (κ1) is 17.3. The van der Waals surface area contributed by atoms with Gasteiger partial charge in [-0.25, -0.2) is 9.97 Å². The van der Waals surface area contributed by atoms with E-state index in [4.69, 9.17) is 4.74 Å². The predicted octanol–water partition coefficient (Wildman–Crippen LogP) is 2.56. The maximum atomic E-state index is 12.5. The number of amides is 1. The van der Waals surface area contributed by atoms with Gasteiger partial charge in [-0.3, -0.25) is 9.48 Å². The third kappa shape index (κ3) is 3.69. The van der Waals surface area contributed by atoms with E-state index in [1.54, 1.807) is 40.7 Å². The SMILES string of the molecule is Cc1nc(COCc2cc3c(s2)CCN(C(=O)c2ncn(C)n2)C3)cs1. The molecule has 26 heavy (non-hydrogen) atoms. The molecule has 0 spiro atoms. The van der Waals surface area contributed by atoms with Crippen LogP contribution < -0.4 is 0 Å². The van der Waals surface area contributed by atoms with Gasteiger partial charge in [0.25, 0.3) is 5.91 Å². The van der Waals surface area contributed by atoms with Crippen LogP contribution in [-0.2, 0) is 38.0 Å². The normalized spacial score (nSPS) is 13.8. The van der Waals surface area contributed by atoms with E-state index in [1.807, 2.05) is 17.2 Å². The second kappa shape index (κ2) is 7.26. The van der Waals surface area contributed by atoms with Crippen molar-refractivity contribution >= 4 is 28.6 Å². The van der Waals surface area contributed by atoms with E-state index < -0.39 is 0 Å². The van der Waals surface area contributed by atoms with E-state index in [9.17, 15) is 4.79 Å². The number of rotatable bonds is 5. The average molecular weight is 390 g/mol. The minimum absolute atomic E-state index is 0.112. The molecular formula is C17H19N5O2S2. The van der Waals surface area contributed by atoms with Crippen molar-refractivity contribution in [2.24, 2.45) is 7.05 Å². The summed E-state index contributed by atoms with van der Waals surface area (Å²) in [5, 5.41) is 7.20. The topological polar surface area (TPSA) is 73.1 Å². The molecule has 0 aromatic carbocycles. The van der Waals surface area contributed by atoms with Crippen LogP contribution >= 0.6 is 22.7 Å². The maximum Gasteiger partial charge on any atom is 0.293 e. The van der Waals surface area contributed by atoms with Crippen LogP contribution in [0.5, 0.6) is 0 Å². The van der Waals surface area contributed by atoms with E-state index in [0.29, 0.717) is 26.3 Å². The Morgan fingerprint density at radius 1 is 1.38 bits per heavy atom. The molecule has 3 aromatic rings. The Morgan fingerprint density at radius 2 is 2.27 bits per heavy atom. The highest BCUT2D eigenvalue weighted by atomic mass is 32.1. The lowest BCUT2D eigenvalue weighted by molar-refractivity contribution is 0.0723. The molecule has 0 saturated carbocycles. The van der Waals surface area contributed by atoms with E-state index in [2.05, 4.69) is 21.1 Å². The molecule has 9 heteroatoms. The van der Waals surface area contributed by atoms with Crippen molar-refractivity contribution in [3.05, 3.63) is 49.6 Å². The molecule has 1 aliphatic heterocycles. The van der Waals surface area contributed by atoms with Crippen molar-refractivity contribution < 1.29 is 9.53 Å². The molecule has 136 valence electrons. The van der Waals surface area contributed by atoms with Gasteiger partial charge in [0.15, 0.2) is 0 Å². The minimum atomic E-state index is -0.112. The van der Waals surface area contributed by atoms with Gasteiger partial charge in [0.2, 0.25) is 5.82 Å². The van der Waals surface area contributed by atoms with Gasteiger partial charge in [-0.15, -0.1) is 27.8 Å². The van der Waals surface area contributed by atoms with Gasteiger partial charge < -0.3 is 9.64 Å². The summed E-state index contributed by atoms with van der Waals surface area (Å²) in [5.41, 5.74) is 2.18. The zero-order valence-electron chi connectivity index (χ0n) is 14.6. The second-order valence-electron chi connectivity index (χ2n) is 6.23. The summed E-state index contributed by atoms with van der Waals surface area (Å²) in [6, 6.07) is 2.15. The molecule has 0 radical (unpaired) electrons. The number of hydrogen-bond acceptors (Lipinski definition) is 7. The van der Waals surface area contributed by atoms with Gasteiger partial charge in [0.1, 0.15) is 6.33 Å². The fourth-order valence-corrected chi connectivity index (χ4v) is 4.65. The Balaban J connectivity index is 1.36. The zero-order chi connectivity index (χ0) is 18.1. The van der Waals surface area contributed by atoms with Crippen LogP contribution in [0.2, 0.25) is 0 Å². The summed E-state index contributed by atoms with van der Waals surface area (Å²) < 4.78 is 7.34. The maximum absolute atomic E-state index is 12.5. The molecule has 0 aliphatic carbocycles. The molecule has 1 aliphatic rings. The van der Waals surface area contributed by atoms with Crippen LogP contribution in [0.1, 0.15) is 36.6 Å². The Morgan fingerprint density at radius 3 is 3.00 bits per heavy atom. The Bertz CT molecular complexity index is 929. The number of thiazole rings is 1. The highest BCUT2D eigenvalue weighted by Crippen LogP contribution is 2.29. The van der Waals surface area contributed by atoms with E-state index in [0.717, 1.165) is 17.1 Å². The van der Waals surface area contributed by atoms with E-state index >= 15 is 0 Å². The predicted molar refractivity (Wildman–Crippen MR) is 99.1 cm³/mol. The zero-order valence-corrected chi connectivity index (χ0v) is 16.3. The van der Waals surface area contributed by atoms with Gasteiger partial charge in [0, 0.05) is 35.3 Å². The molecule has 3 aromatic heterocycles. The molecule has 4 rings (SSSR count). The summed E-state index contributed by atoms with van der Waals surface area (Å²) in [6.07, 6.45) is 2.41. The third-order valence-corrected chi connectivity index (χ3v) is 6.19. The molecule has 0 atom stereocenters. The van der Waals surface area contributed by atoms with Crippen LogP contribution in [-0.4, -0.2) is 37.1 Å². The standard InChI is InChI=1S/C17H19N5O2S2/c1-11-19-13(9-25-11)7-24-8-14-5-12-6-22(4-3-15(12)26-14)17(23)16-18-10-21(2)20-16/h5,9-10H,3-4,6-8H2,1-2H3. The number of hydrogen-bond donors (Lipinski definition) is 0. The highest BCUT2D eigenvalue weighted by molar-refractivity contribution is 7.12. The summed E-state index contributed by atoms with van der Waals surface area (Å²) in [6.45, 7) is 4.40. The van der Waals surface area contributed by atoms with Crippen LogP contribution in [0.4, 0.5) is 0 Å².